The highest BCUT2D eigenvalue weighted by Crippen LogP contribution is 2.39. The molecule has 1 saturated carbocycles. The molecule has 0 atom stereocenters. The Balaban J connectivity index is 2.12. The molecule has 21 heavy (non-hydrogen) atoms. The van der Waals surface area contributed by atoms with Gasteiger partial charge < -0.3 is 5.32 Å². The molecule has 1 N–H and O–H groups in total. The van der Waals surface area contributed by atoms with Crippen molar-refractivity contribution in [2.45, 2.75) is 38.5 Å². The van der Waals surface area contributed by atoms with Gasteiger partial charge in [-0.1, -0.05) is 12.8 Å². The zero-order valence-electron chi connectivity index (χ0n) is 12.6. The molecule has 0 aromatic carbocycles. The highest BCUT2D eigenvalue weighted by Gasteiger charge is 2.24. The molecule has 0 aliphatic heterocycles. The number of hydrogen-bond acceptors (Lipinski definition) is 4. The van der Waals surface area contributed by atoms with Gasteiger partial charge in [-0.15, -0.1) is 0 Å². The van der Waals surface area contributed by atoms with E-state index in [1.54, 1.807) is 0 Å². The number of hydrogen-bond donors (Lipinski definition) is 1. The lowest BCUT2D eigenvalue weighted by Crippen LogP contribution is -2.06. The topological polar surface area (TPSA) is 55.6 Å². The van der Waals surface area contributed by atoms with E-state index in [1.807, 2.05) is 31.9 Å². The first-order chi connectivity index (χ1) is 10.1. The summed E-state index contributed by atoms with van der Waals surface area (Å²) in [5.41, 5.74) is 3.09. The van der Waals surface area contributed by atoms with Crippen molar-refractivity contribution in [3.8, 4) is 11.4 Å². The van der Waals surface area contributed by atoms with Crippen molar-refractivity contribution in [1.29, 1.82) is 0 Å². The first-order valence-corrected chi connectivity index (χ1v) is 8.15. The average Bonchev–Trinajstić information content (AvgIpc) is 3.09. The number of aryl methyl sites for hydroxylation is 2. The van der Waals surface area contributed by atoms with Gasteiger partial charge in [0.05, 0.1) is 21.4 Å². The molecule has 0 bridgehead atoms. The molecule has 0 saturated heterocycles. The summed E-state index contributed by atoms with van der Waals surface area (Å²) in [6.07, 6.45) is 6.99. The Bertz CT molecular complexity index is 658. The molecule has 2 heterocycles. The Morgan fingerprint density at radius 1 is 1.29 bits per heavy atom. The van der Waals surface area contributed by atoms with Crippen LogP contribution in [0, 0.1) is 6.92 Å². The van der Waals surface area contributed by atoms with E-state index < -0.39 is 0 Å². The fourth-order valence-electron chi connectivity index (χ4n) is 3.04. The Morgan fingerprint density at radius 2 is 2.00 bits per heavy atom. The average molecular weight is 350 g/mol. The van der Waals surface area contributed by atoms with Gasteiger partial charge in [0, 0.05) is 26.2 Å². The van der Waals surface area contributed by atoms with Crippen LogP contribution in [0.1, 0.15) is 43.0 Å². The van der Waals surface area contributed by atoms with Crippen molar-refractivity contribution in [3.63, 3.8) is 0 Å². The van der Waals surface area contributed by atoms with Crippen LogP contribution < -0.4 is 5.32 Å². The van der Waals surface area contributed by atoms with E-state index in [1.165, 1.54) is 25.7 Å². The van der Waals surface area contributed by atoms with Crippen LogP contribution in [0.5, 0.6) is 0 Å². The Kier molecular flexibility index (Phi) is 3.97. The van der Waals surface area contributed by atoms with Crippen molar-refractivity contribution in [2.75, 3.05) is 12.4 Å². The van der Waals surface area contributed by atoms with Gasteiger partial charge in [-0.2, -0.15) is 5.10 Å². The SMILES string of the molecule is CNc1nc(-c2cn(C)nc2C)nc(C2CCCC2)c1Br. The first kappa shape index (κ1) is 14.5. The van der Waals surface area contributed by atoms with Gasteiger partial charge in [0.2, 0.25) is 0 Å². The van der Waals surface area contributed by atoms with Gasteiger partial charge in [0.1, 0.15) is 5.82 Å². The third-order valence-electron chi connectivity index (χ3n) is 4.11. The summed E-state index contributed by atoms with van der Waals surface area (Å²) in [5.74, 6) is 2.14. The minimum Gasteiger partial charge on any atom is -0.372 e. The van der Waals surface area contributed by atoms with E-state index in [0.29, 0.717) is 5.92 Å². The Labute approximate surface area is 133 Å². The van der Waals surface area contributed by atoms with Crippen LogP contribution in [0.25, 0.3) is 11.4 Å². The van der Waals surface area contributed by atoms with Crippen molar-refractivity contribution in [1.82, 2.24) is 19.7 Å². The summed E-state index contributed by atoms with van der Waals surface area (Å²) in [6.45, 7) is 2.00. The minimum atomic E-state index is 0.533. The molecular formula is C15H20BrN5. The summed E-state index contributed by atoms with van der Waals surface area (Å²) >= 11 is 3.67. The molecule has 2 aromatic heterocycles. The number of anilines is 1. The molecule has 2 aromatic rings. The van der Waals surface area contributed by atoms with Gasteiger partial charge in [-0.3, -0.25) is 4.68 Å². The Hall–Kier alpha value is -1.43. The highest BCUT2D eigenvalue weighted by molar-refractivity contribution is 9.10. The molecule has 1 aliphatic rings. The number of nitrogens with one attached hydrogen (secondary N) is 1. The van der Waals surface area contributed by atoms with Crippen LogP contribution >= 0.6 is 15.9 Å². The molecule has 5 nitrogen and oxygen atoms in total. The molecular weight excluding hydrogens is 330 g/mol. The number of halogens is 1. The molecule has 6 heteroatoms. The fourth-order valence-corrected chi connectivity index (χ4v) is 3.74. The third kappa shape index (κ3) is 2.69. The van der Waals surface area contributed by atoms with E-state index in [0.717, 1.165) is 33.1 Å². The van der Waals surface area contributed by atoms with Gasteiger partial charge >= 0.3 is 0 Å². The monoisotopic (exact) mass is 349 g/mol. The second kappa shape index (κ2) is 5.75. The van der Waals surface area contributed by atoms with Crippen LogP contribution in [-0.4, -0.2) is 26.8 Å². The summed E-state index contributed by atoms with van der Waals surface area (Å²) in [7, 11) is 3.82. The zero-order chi connectivity index (χ0) is 15.0. The summed E-state index contributed by atoms with van der Waals surface area (Å²) in [5, 5.41) is 7.57. The van der Waals surface area contributed by atoms with Crippen LogP contribution in [0.3, 0.4) is 0 Å². The van der Waals surface area contributed by atoms with E-state index in [4.69, 9.17) is 4.98 Å². The van der Waals surface area contributed by atoms with E-state index in [9.17, 15) is 0 Å². The summed E-state index contributed by atoms with van der Waals surface area (Å²) in [6, 6.07) is 0. The standard InChI is InChI=1S/C15H20BrN5/c1-9-11(8-21(3)20-9)14-18-13(10-6-4-5-7-10)12(16)15(17-2)19-14/h8,10H,4-7H2,1-3H3,(H,17,18,19). The third-order valence-corrected chi connectivity index (χ3v) is 4.89. The lowest BCUT2D eigenvalue weighted by molar-refractivity contribution is 0.691. The fraction of sp³-hybridized carbons (Fsp3) is 0.533. The quantitative estimate of drug-likeness (QED) is 0.918. The smallest absolute Gasteiger partial charge is 0.165 e. The Morgan fingerprint density at radius 3 is 2.57 bits per heavy atom. The highest BCUT2D eigenvalue weighted by atomic mass is 79.9. The normalized spacial score (nSPS) is 15.6. The maximum absolute atomic E-state index is 4.86. The van der Waals surface area contributed by atoms with Gasteiger partial charge in [0.15, 0.2) is 5.82 Å². The molecule has 1 aliphatic carbocycles. The van der Waals surface area contributed by atoms with E-state index in [-0.39, 0.29) is 0 Å². The molecule has 1 fully saturated rings. The predicted molar refractivity (Wildman–Crippen MR) is 87.4 cm³/mol. The van der Waals surface area contributed by atoms with Crippen molar-refractivity contribution < 1.29 is 0 Å². The molecule has 0 spiro atoms. The number of rotatable bonds is 3. The summed E-state index contributed by atoms with van der Waals surface area (Å²) < 4.78 is 2.81. The van der Waals surface area contributed by atoms with Crippen molar-refractivity contribution in [2.24, 2.45) is 7.05 Å². The molecule has 0 unspecified atom stereocenters. The van der Waals surface area contributed by atoms with E-state index in [2.05, 4.69) is 31.3 Å². The van der Waals surface area contributed by atoms with Crippen molar-refractivity contribution >= 4 is 21.7 Å². The minimum absolute atomic E-state index is 0.533. The summed E-state index contributed by atoms with van der Waals surface area (Å²) in [4.78, 5) is 9.50. The van der Waals surface area contributed by atoms with E-state index >= 15 is 0 Å². The molecule has 0 radical (unpaired) electrons. The second-order valence-electron chi connectivity index (χ2n) is 5.63. The van der Waals surface area contributed by atoms with Crippen LogP contribution in [0.4, 0.5) is 5.82 Å². The molecule has 3 rings (SSSR count). The molecule has 112 valence electrons. The maximum atomic E-state index is 4.86. The lowest BCUT2D eigenvalue weighted by atomic mass is 10.0. The first-order valence-electron chi connectivity index (χ1n) is 7.36. The van der Waals surface area contributed by atoms with Crippen LogP contribution in [0.15, 0.2) is 10.7 Å². The largest absolute Gasteiger partial charge is 0.372 e. The maximum Gasteiger partial charge on any atom is 0.165 e. The molecule has 0 amide bonds. The van der Waals surface area contributed by atoms with Gasteiger partial charge in [0.25, 0.3) is 0 Å². The number of nitrogens with zero attached hydrogens (tertiary/aromatic N) is 4. The van der Waals surface area contributed by atoms with Crippen LogP contribution in [-0.2, 0) is 7.05 Å². The second-order valence-corrected chi connectivity index (χ2v) is 6.42. The number of aromatic nitrogens is 4. The van der Waals surface area contributed by atoms with Gasteiger partial charge in [-0.25, -0.2) is 9.97 Å². The zero-order valence-corrected chi connectivity index (χ0v) is 14.2. The predicted octanol–water partition coefficient (Wildman–Crippen LogP) is 3.65. The van der Waals surface area contributed by atoms with Gasteiger partial charge in [-0.05, 0) is 35.7 Å². The van der Waals surface area contributed by atoms with Crippen LogP contribution in [0.2, 0.25) is 0 Å². The lowest BCUT2D eigenvalue weighted by Gasteiger charge is -2.15. The van der Waals surface area contributed by atoms with Crippen molar-refractivity contribution in [3.05, 3.63) is 22.1 Å².